The molecule has 0 aliphatic carbocycles. The number of rotatable bonds is 4. The molecule has 0 aliphatic heterocycles. The number of aryl methyl sites for hydroxylation is 2. The Bertz CT molecular complexity index is 529. The Morgan fingerprint density at radius 2 is 2.12 bits per heavy atom. The molecule has 0 aliphatic rings. The van der Waals surface area contributed by atoms with Gasteiger partial charge in [0, 0.05) is 24.4 Å². The Labute approximate surface area is 101 Å². The lowest BCUT2D eigenvalue weighted by molar-refractivity contribution is 0.0970. The van der Waals surface area contributed by atoms with Crippen LogP contribution in [0, 0.1) is 6.92 Å². The molecule has 1 heterocycles. The fourth-order valence-electron chi connectivity index (χ4n) is 1.92. The van der Waals surface area contributed by atoms with Crippen LogP contribution in [-0.4, -0.2) is 15.3 Å². The van der Waals surface area contributed by atoms with Gasteiger partial charge in [-0.2, -0.15) is 0 Å². The smallest absolute Gasteiger partial charge is 0.182 e. The minimum atomic E-state index is 0.135. The number of aromatic nitrogens is 2. The van der Waals surface area contributed by atoms with Crippen molar-refractivity contribution in [2.24, 2.45) is 0 Å². The topological polar surface area (TPSA) is 34.9 Å². The molecule has 17 heavy (non-hydrogen) atoms. The monoisotopic (exact) mass is 228 g/mol. The number of hydrogen-bond donors (Lipinski definition) is 0. The molecule has 0 saturated heterocycles. The second kappa shape index (κ2) is 4.95. The van der Waals surface area contributed by atoms with Crippen LogP contribution in [0.5, 0.6) is 0 Å². The van der Waals surface area contributed by atoms with Crippen molar-refractivity contribution < 1.29 is 4.79 Å². The number of Topliss-reactive ketones (excluding diaryl/α,β-unsaturated/α-hetero) is 1. The number of carbonyl (C=O) groups is 1. The maximum atomic E-state index is 12.2. The molecule has 0 fully saturated rings. The van der Waals surface area contributed by atoms with E-state index in [1.54, 1.807) is 6.20 Å². The Morgan fingerprint density at radius 3 is 2.82 bits per heavy atom. The summed E-state index contributed by atoms with van der Waals surface area (Å²) in [6, 6.07) is 7.68. The SMILES string of the molecule is CCc1nccn1CC(=O)c1ccccc1C. The number of nitrogens with zero attached hydrogens (tertiary/aromatic N) is 2. The van der Waals surface area contributed by atoms with Crippen LogP contribution in [0.2, 0.25) is 0 Å². The first-order valence-electron chi connectivity index (χ1n) is 5.81. The fraction of sp³-hybridized carbons (Fsp3) is 0.286. The van der Waals surface area contributed by atoms with Gasteiger partial charge in [0.15, 0.2) is 5.78 Å². The number of imidazole rings is 1. The molecule has 0 N–H and O–H groups in total. The van der Waals surface area contributed by atoms with E-state index in [1.165, 1.54) is 0 Å². The van der Waals surface area contributed by atoms with E-state index in [9.17, 15) is 4.79 Å². The molecule has 0 radical (unpaired) electrons. The summed E-state index contributed by atoms with van der Waals surface area (Å²) in [4.78, 5) is 16.4. The van der Waals surface area contributed by atoms with E-state index in [0.29, 0.717) is 6.54 Å². The number of carbonyl (C=O) groups excluding carboxylic acids is 1. The first-order valence-corrected chi connectivity index (χ1v) is 5.81. The van der Waals surface area contributed by atoms with Gasteiger partial charge in [-0.3, -0.25) is 4.79 Å². The largest absolute Gasteiger partial charge is 0.327 e. The summed E-state index contributed by atoms with van der Waals surface area (Å²) in [7, 11) is 0. The second-order valence-electron chi connectivity index (χ2n) is 4.06. The Hall–Kier alpha value is -1.90. The third kappa shape index (κ3) is 2.44. The first-order chi connectivity index (χ1) is 8.22. The molecule has 0 spiro atoms. The van der Waals surface area contributed by atoms with Crippen molar-refractivity contribution in [2.45, 2.75) is 26.8 Å². The average Bonchev–Trinajstić information content (AvgIpc) is 2.76. The summed E-state index contributed by atoms with van der Waals surface area (Å²) in [6.07, 6.45) is 4.44. The molecule has 1 aromatic heterocycles. The van der Waals surface area contributed by atoms with Gasteiger partial charge in [0.05, 0.1) is 6.54 Å². The van der Waals surface area contributed by atoms with Crippen LogP contribution < -0.4 is 0 Å². The average molecular weight is 228 g/mol. The molecule has 0 amide bonds. The van der Waals surface area contributed by atoms with Crippen molar-refractivity contribution in [2.75, 3.05) is 0 Å². The molecular formula is C14H16N2O. The van der Waals surface area contributed by atoms with Crippen LogP contribution in [0.15, 0.2) is 36.7 Å². The summed E-state index contributed by atoms with van der Waals surface area (Å²) in [5.41, 5.74) is 1.82. The number of ketones is 1. The van der Waals surface area contributed by atoms with Crippen LogP contribution in [0.4, 0.5) is 0 Å². The lowest BCUT2D eigenvalue weighted by Crippen LogP contribution is -2.13. The van der Waals surface area contributed by atoms with E-state index in [-0.39, 0.29) is 5.78 Å². The van der Waals surface area contributed by atoms with Gasteiger partial charge >= 0.3 is 0 Å². The molecule has 0 saturated carbocycles. The van der Waals surface area contributed by atoms with Crippen LogP contribution in [-0.2, 0) is 13.0 Å². The highest BCUT2D eigenvalue weighted by molar-refractivity contribution is 5.97. The molecule has 2 aromatic rings. The van der Waals surface area contributed by atoms with Crippen molar-refractivity contribution in [3.63, 3.8) is 0 Å². The minimum absolute atomic E-state index is 0.135. The molecule has 3 nitrogen and oxygen atoms in total. The zero-order valence-electron chi connectivity index (χ0n) is 10.2. The summed E-state index contributed by atoms with van der Waals surface area (Å²) < 4.78 is 1.91. The minimum Gasteiger partial charge on any atom is -0.327 e. The molecule has 3 heteroatoms. The summed E-state index contributed by atoms with van der Waals surface area (Å²) in [5, 5.41) is 0. The van der Waals surface area contributed by atoms with Crippen molar-refractivity contribution >= 4 is 5.78 Å². The van der Waals surface area contributed by atoms with Crippen LogP contribution >= 0.6 is 0 Å². The van der Waals surface area contributed by atoms with Gasteiger partial charge in [-0.25, -0.2) is 4.98 Å². The quantitative estimate of drug-likeness (QED) is 0.754. The molecule has 88 valence electrons. The molecule has 0 unspecified atom stereocenters. The molecule has 0 bridgehead atoms. The first kappa shape index (κ1) is 11.6. The van der Waals surface area contributed by atoms with E-state index in [4.69, 9.17) is 0 Å². The van der Waals surface area contributed by atoms with Crippen molar-refractivity contribution in [3.05, 3.63) is 53.6 Å². The Kier molecular flexibility index (Phi) is 3.38. The predicted molar refractivity (Wildman–Crippen MR) is 67.1 cm³/mol. The maximum Gasteiger partial charge on any atom is 0.182 e. The van der Waals surface area contributed by atoms with Gasteiger partial charge in [-0.05, 0) is 12.5 Å². The zero-order chi connectivity index (χ0) is 12.3. The van der Waals surface area contributed by atoms with Gasteiger partial charge in [-0.15, -0.1) is 0 Å². The van der Waals surface area contributed by atoms with E-state index >= 15 is 0 Å². The number of hydrogen-bond acceptors (Lipinski definition) is 2. The predicted octanol–water partition coefficient (Wildman–Crippen LogP) is 2.64. The summed E-state index contributed by atoms with van der Waals surface area (Å²) in [6.45, 7) is 4.37. The van der Waals surface area contributed by atoms with E-state index in [1.807, 2.05) is 48.9 Å². The highest BCUT2D eigenvalue weighted by atomic mass is 16.1. The number of benzene rings is 1. The Balaban J connectivity index is 2.20. The van der Waals surface area contributed by atoms with Gasteiger partial charge in [0.2, 0.25) is 0 Å². The van der Waals surface area contributed by atoms with Gasteiger partial charge in [0.1, 0.15) is 5.82 Å². The second-order valence-corrected chi connectivity index (χ2v) is 4.06. The van der Waals surface area contributed by atoms with Crippen molar-refractivity contribution in [1.82, 2.24) is 9.55 Å². The summed E-state index contributed by atoms with van der Waals surface area (Å²) in [5.74, 6) is 1.09. The van der Waals surface area contributed by atoms with Crippen LogP contribution in [0.25, 0.3) is 0 Å². The van der Waals surface area contributed by atoms with E-state index in [2.05, 4.69) is 4.98 Å². The fourth-order valence-corrected chi connectivity index (χ4v) is 1.92. The van der Waals surface area contributed by atoms with Gasteiger partial charge < -0.3 is 4.57 Å². The molecule has 0 atom stereocenters. The van der Waals surface area contributed by atoms with E-state index in [0.717, 1.165) is 23.4 Å². The molecule has 1 aromatic carbocycles. The Morgan fingerprint density at radius 1 is 1.35 bits per heavy atom. The van der Waals surface area contributed by atoms with Gasteiger partial charge in [0.25, 0.3) is 0 Å². The van der Waals surface area contributed by atoms with E-state index < -0.39 is 0 Å². The zero-order valence-corrected chi connectivity index (χ0v) is 10.2. The van der Waals surface area contributed by atoms with Crippen LogP contribution in [0.3, 0.4) is 0 Å². The third-order valence-electron chi connectivity index (χ3n) is 2.88. The van der Waals surface area contributed by atoms with Gasteiger partial charge in [-0.1, -0.05) is 31.2 Å². The van der Waals surface area contributed by atoms with Crippen molar-refractivity contribution in [3.8, 4) is 0 Å². The molecule has 2 rings (SSSR count). The summed E-state index contributed by atoms with van der Waals surface area (Å²) >= 11 is 0. The highest BCUT2D eigenvalue weighted by Crippen LogP contribution is 2.10. The lowest BCUT2D eigenvalue weighted by atomic mass is 10.1. The lowest BCUT2D eigenvalue weighted by Gasteiger charge is -2.07. The third-order valence-corrected chi connectivity index (χ3v) is 2.88. The normalized spacial score (nSPS) is 10.5. The maximum absolute atomic E-state index is 12.2. The van der Waals surface area contributed by atoms with Crippen molar-refractivity contribution in [1.29, 1.82) is 0 Å². The highest BCUT2D eigenvalue weighted by Gasteiger charge is 2.10. The molecular weight excluding hydrogens is 212 g/mol. The standard InChI is InChI=1S/C14H16N2O/c1-3-14-15-8-9-16(14)10-13(17)12-7-5-4-6-11(12)2/h4-9H,3,10H2,1-2H3. The van der Waals surface area contributed by atoms with Crippen LogP contribution in [0.1, 0.15) is 28.7 Å².